The van der Waals surface area contributed by atoms with E-state index in [0.29, 0.717) is 44.2 Å². The number of hydrogen-bond acceptors (Lipinski definition) is 6. The number of nitrogens with zero attached hydrogens (tertiary/aromatic N) is 3. The fourth-order valence-electron chi connectivity index (χ4n) is 5.36. The van der Waals surface area contributed by atoms with Gasteiger partial charge >= 0.3 is 0 Å². The molecule has 0 unspecified atom stereocenters. The van der Waals surface area contributed by atoms with Crippen LogP contribution in [0.1, 0.15) is 37.7 Å². The zero-order chi connectivity index (χ0) is 23.3. The molecule has 33 heavy (non-hydrogen) atoms. The first-order chi connectivity index (χ1) is 15.9. The Labute approximate surface area is 198 Å². The summed E-state index contributed by atoms with van der Waals surface area (Å²) in [6.07, 6.45) is 5.96. The van der Waals surface area contributed by atoms with Crippen LogP contribution in [0, 0.1) is 6.92 Å². The molecule has 2 heterocycles. The van der Waals surface area contributed by atoms with E-state index in [2.05, 4.69) is 15.1 Å². The molecule has 9 heteroatoms. The maximum absolute atomic E-state index is 12.9. The van der Waals surface area contributed by atoms with Gasteiger partial charge in [-0.3, -0.25) is 14.6 Å². The standard InChI is InChI=1S/C24H38N4O4S/c1-21-5-7-22(8-6-21)33(30,31)28-13-11-26(12-14-28)19-23(29)25-20-24(9-3-2-4-10-24)27-15-17-32-18-16-27/h5-8H,2-4,9-20H2,1H3,(H,25,29). The van der Waals surface area contributed by atoms with Crippen molar-refractivity contribution in [1.29, 1.82) is 0 Å². The average molecular weight is 479 g/mol. The Hall–Kier alpha value is -1.52. The number of benzene rings is 1. The molecule has 2 saturated heterocycles. The van der Waals surface area contributed by atoms with E-state index in [4.69, 9.17) is 4.74 Å². The maximum Gasteiger partial charge on any atom is 0.243 e. The van der Waals surface area contributed by atoms with Gasteiger partial charge in [0.2, 0.25) is 15.9 Å². The van der Waals surface area contributed by atoms with Crippen LogP contribution in [-0.4, -0.2) is 99.5 Å². The normalized spacial score (nSPS) is 23.3. The van der Waals surface area contributed by atoms with Crippen molar-refractivity contribution in [1.82, 2.24) is 19.4 Å². The van der Waals surface area contributed by atoms with E-state index >= 15 is 0 Å². The lowest BCUT2D eigenvalue weighted by Gasteiger charge is -2.48. The fourth-order valence-corrected chi connectivity index (χ4v) is 6.78. The Bertz CT molecular complexity index is 886. The van der Waals surface area contributed by atoms with Crippen LogP contribution < -0.4 is 5.32 Å². The molecule has 1 aliphatic carbocycles. The van der Waals surface area contributed by atoms with Crippen LogP contribution in [0.2, 0.25) is 0 Å². The zero-order valence-corrected chi connectivity index (χ0v) is 20.6. The fraction of sp³-hybridized carbons (Fsp3) is 0.708. The van der Waals surface area contributed by atoms with Crippen LogP contribution in [0.15, 0.2) is 29.2 Å². The molecule has 1 aromatic rings. The largest absolute Gasteiger partial charge is 0.379 e. The lowest BCUT2D eigenvalue weighted by atomic mass is 9.79. The van der Waals surface area contributed by atoms with Crippen molar-refractivity contribution in [3.8, 4) is 0 Å². The summed E-state index contributed by atoms with van der Waals surface area (Å²) in [6.45, 7) is 8.29. The number of ether oxygens (including phenoxy) is 1. The summed E-state index contributed by atoms with van der Waals surface area (Å²) in [6, 6.07) is 6.98. The van der Waals surface area contributed by atoms with Gasteiger partial charge in [-0.1, -0.05) is 37.0 Å². The molecule has 0 radical (unpaired) electrons. The highest BCUT2D eigenvalue weighted by Gasteiger charge is 2.39. The molecule has 1 aromatic carbocycles. The lowest BCUT2D eigenvalue weighted by Crippen LogP contribution is -2.60. The number of amides is 1. The molecule has 0 atom stereocenters. The Kier molecular flexibility index (Phi) is 8.07. The van der Waals surface area contributed by atoms with Crippen LogP contribution >= 0.6 is 0 Å². The van der Waals surface area contributed by atoms with Gasteiger partial charge in [-0.25, -0.2) is 8.42 Å². The number of aryl methyl sites for hydroxylation is 1. The summed E-state index contributed by atoms with van der Waals surface area (Å²) in [5, 5.41) is 3.22. The van der Waals surface area contributed by atoms with Crippen molar-refractivity contribution >= 4 is 15.9 Å². The number of morpholine rings is 1. The third-order valence-electron chi connectivity index (χ3n) is 7.44. The molecular formula is C24H38N4O4S. The minimum atomic E-state index is -3.49. The van der Waals surface area contributed by atoms with E-state index in [-0.39, 0.29) is 11.4 Å². The van der Waals surface area contributed by atoms with Crippen LogP contribution in [0.5, 0.6) is 0 Å². The Morgan fingerprint density at radius 3 is 2.24 bits per heavy atom. The first-order valence-corrected chi connectivity index (χ1v) is 13.7. The van der Waals surface area contributed by atoms with Gasteiger partial charge in [0.1, 0.15) is 0 Å². The minimum Gasteiger partial charge on any atom is -0.379 e. The first kappa shape index (κ1) is 24.6. The number of carbonyl (C=O) groups is 1. The van der Waals surface area contributed by atoms with Gasteiger partial charge < -0.3 is 10.1 Å². The molecule has 0 spiro atoms. The van der Waals surface area contributed by atoms with Crippen molar-refractivity contribution in [3.63, 3.8) is 0 Å². The number of nitrogens with one attached hydrogen (secondary N) is 1. The summed E-state index contributed by atoms with van der Waals surface area (Å²) in [4.78, 5) is 17.7. The summed E-state index contributed by atoms with van der Waals surface area (Å²) in [7, 11) is -3.49. The van der Waals surface area contributed by atoms with Crippen molar-refractivity contribution in [3.05, 3.63) is 29.8 Å². The van der Waals surface area contributed by atoms with E-state index in [1.54, 1.807) is 12.1 Å². The average Bonchev–Trinajstić information content (AvgIpc) is 2.84. The van der Waals surface area contributed by atoms with Gasteiger partial charge in [0.15, 0.2) is 0 Å². The van der Waals surface area contributed by atoms with Gasteiger partial charge in [-0.2, -0.15) is 4.31 Å². The number of carbonyl (C=O) groups excluding carboxylic acids is 1. The molecule has 3 aliphatic rings. The van der Waals surface area contributed by atoms with Gasteiger partial charge in [0, 0.05) is 51.4 Å². The van der Waals surface area contributed by atoms with E-state index in [1.165, 1.54) is 23.6 Å². The van der Waals surface area contributed by atoms with E-state index in [9.17, 15) is 13.2 Å². The minimum absolute atomic E-state index is 0.0306. The van der Waals surface area contributed by atoms with E-state index in [1.807, 2.05) is 19.1 Å². The number of sulfonamides is 1. The highest BCUT2D eigenvalue weighted by molar-refractivity contribution is 7.89. The molecule has 3 fully saturated rings. The quantitative estimate of drug-likeness (QED) is 0.639. The smallest absolute Gasteiger partial charge is 0.243 e. The van der Waals surface area contributed by atoms with Gasteiger partial charge in [0.25, 0.3) is 0 Å². The molecule has 8 nitrogen and oxygen atoms in total. The molecule has 1 N–H and O–H groups in total. The highest BCUT2D eigenvalue weighted by Crippen LogP contribution is 2.33. The lowest BCUT2D eigenvalue weighted by molar-refractivity contribution is -0.123. The van der Waals surface area contributed by atoms with Crippen LogP contribution in [0.3, 0.4) is 0 Å². The van der Waals surface area contributed by atoms with Crippen LogP contribution in [0.25, 0.3) is 0 Å². The monoisotopic (exact) mass is 478 g/mol. The number of hydrogen-bond donors (Lipinski definition) is 1. The summed E-state index contributed by atoms with van der Waals surface area (Å²) < 4.78 is 32.9. The van der Waals surface area contributed by atoms with Crippen molar-refractivity contribution in [2.75, 3.05) is 65.6 Å². The highest BCUT2D eigenvalue weighted by atomic mass is 32.2. The predicted molar refractivity (Wildman–Crippen MR) is 128 cm³/mol. The van der Waals surface area contributed by atoms with Crippen molar-refractivity contribution in [2.45, 2.75) is 49.5 Å². The number of rotatable bonds is 7. The summed E-state index contributed by atoms with van der Waals surface area (Å²) in [5.74, 6) is 0.0306. The maximum atomic E-state index is 12.9. The third-order valence-corrected chi connectivity index (χ3v) is 9.35. The van der Waals surface area contributed by atoms with Gasteiger partial charge in [-0.05, 0) is 31.9 Å². The SMILES string of the molecule is Cc1ccc(S(=O)(=O)N2CCN(CC(=O)NCC3(N4CCOCC4)CCCCC3)CC2)cc1. The van der Waals surface area contributed by atoms with Crippen molar-refractivity contribution < 1.29 is 17.9 Å². The molecule has 1 saturated carbocycles. The predicted octanol–water partition coefficient (Wildman–Crippen LogP) is 1.45. The molecule has 0 aromatic heterocycles. The topological polar surface area (TPSA) is 82.2 Å². The second kappa shape index (κ2) is 10.8. The Morgan fingerprint density at radius 2 is 1.61 bits per heavy atom. The molecule has 2 aliphatic heterocycles. The second-order valence-electron chi connectivity index (χ2n) is 9.65. The molecule has 184 valence electrons. The van der Waals surface area contributed by atoms with Crippen LogP contribution in [0.4, 0.5) is 0 Å². The zero-order valence-electron chi connectivity index (χ0n) is 19.8. The van der Waals surface area contributed by atoms with Crippen molar-refractivity contribution in [2.24, 2.45) is 0 Å². The van der Waals surface area contributed by atoms with E-state index < -0.39 is 10.0 Å². The van der Waals surface area contributed by atoms with Crippen LogP contribution in [-0.2, 0) is 19.6 Å². The molecule has 1 amide bonds. The summed E-state index contributed by atoms with van der Waals surface area (Å²) in [5.41, 5.74) is 1.09. The Morgan fingerprint density at radius 1 is 0.970 bits per heavy atom. The van der Waals surface area contributed by atoms with Gasteiger partial charge in [0.05, 0.1) is 24.7 Å². The molecule has 0 bridgehead atoms. The molecular weight excluding hydrogens is 440 g/mol. The second-order valence-corrected chi connectivity index (χ2v) is 11.6. The number of piperazine rings is 1. The summed E-state index contributed by atoms with van der Waals surface area (Å²) >= 11 is 0. The Balaban J connectivity index is 1.27. The third kappa shape index (κ3) is 5.95. The molecule has 4 rings (SSSR count). The van der Waals surface area contributed by atoms with E-state index in [0.717, 1.165) is 44.7 Å². The first-order valence-electron chi connectivity index (χ1n) is 12.3. The van der Waals surface area contributed by atoms with Gasteiger partial charge in [-0.15, -0.1) is 0 Å².